The summed E-state index contributed by atoms with van der Waals surface area (Å²) in [7, 11) is -7.57. The minimum atomic E-state index is -3.85. The number of benzene rings is 3. The third-order valence-corrected chi connectivity index (χ3v) is 7.63. The van der Waals surface area contributed by atoms with Crippen LogP contribution in [-0.2, 0) is 24.8 Å². The van der Waals surface area contributed by atoms with Crippen LogP contribution in [0.5, 0.6) is 0 Å². The fourth-order valence-corrected chi connectivity index (χ4v) is 5.35. The maximum Gasteiger partial charge on any atom is 0.261 e. The summed E-state index contributed by atoms with van der Waals surface area (Å²) in [5.41, 5.74) is 2.79. The summed E-state index contributed by atoms with van der Waals surface area (Å²) in [4.78, 5) is 12.6. The Balaban J connectivity index is 1.72. The van der Waals surface area contributed by atoms with Gasteiger partial charge in [-0.05, 0) is 74.0 Å². The fourth-order valence-electron chi connectivity index (χ4n) is 3.25. The SMILES string of the molecule is Cc1ccc(N(CC(=O)Nc2ccc(S(=O)(=O)Nc3ccc(Cl)cc3)cc2)S(C)(=O)=O)c(C)c1. The van der Waals surface area contributed by atoms with Crippen molar-refractivity contribution in [1.82, 2.24) is 0 Å². The molecule has 0 saturated carbocycles. The average molecular weight is 522 g/mol. The molecule has 11 heteroatoms. The zero-order chi connectivity index (χ0) is 25.1. The smallest absolute Gasteiger partial charge is 0.261 e. The van der Waals surface area contributed by atoms with Gasteiger partial charge in [0.25, 0.3) is 10.0 Å². The van der Waals surface area contributed by atoms with Crippen molar-refractivity contribution in [2.75, 3.05) is 27.1 Å². The first-order chi connectivity index (χ1) is 15.8. The Hall–Kier alpha value is -3.08. The number of anilines is 3. The van der Waals surface area contributed by atoms with E-state index in [-0.39, 0.29) is 4.90 Å². The van der Waals surface area contributed by atoms with Crippen molar-refractivity contribution in [2.45, 2.75) is 18.7 Å². The average Bonchev–Trinajstić information content (AvgIpc) is 2.74. The molecule has 0 aliphatic carbocycles. The molecular weight excluding hydrogens is 498 g/mol. The van der Waals surface area contributed by atoms with Crippen LogP contribution in [0.25, 0.3) is 0 Å². The zero-order valence-electron chi connectivity index (χ0n) is 18.7. The van der Waals surface area contributed by atoms with Gasteiger partial charge in [-0.25, -0.2) is 16.8 Å². The lowest BCUT2D eigenvalue weighted by atomic mass is 10.1. The van der Waals surface area contributed by atoms with E-state index >= 15 is 0 Å². The van der Waals surface area contributed by atoms with E-state index in [1.54, 1.807) is 31.2 Å². The Morgan fingerprint density at radius 1 is 0.882 bits per heavy atom. The molecule has 0 aliphatic heterocycles. The maximum absolute atomic E-state index is 12.6. The molecule has 3 rings (SSSR count). The molecule has 0 bridgehead atoms. The normalized spacial score (nSPS) is 11.6. The third-order valence-electron chi connectivity index (χ3n) is 4.85. The van der Waals surface area contributed by atoms with Crippen molar-refractivity contribution in [2.24, 2.45) is 0 Å². The summed E-state index contributed by atoms with van der Waals surface area (Å²) < 4.78 is 53.3. The number of carbonyl (C=O) groups is 1. The Bertz CT molecular complexity index is 1410. The van der Waals surface area contributed by atoms with Gasteiger partial charge in [0.1, 0.15) is 6.54 Å². The first-order valence-electron chi connectivity index (χ1n) is 10.1. The van der Waals surface area contributed by atoms with Gasteiger partial charge in [-0.3, -0.25) is 13.8 Å². The van der Waals surface area contributed by atoms with E-state index in [9.17, 15) is 21.6 Å². The number of halogens is 1. The molecule has 0 aromatic heterocycles. The highest BCUT2D eigenvalue weighted by atomic mass is 35.5. The third kappa shape index (κ3) is 6.49. The second-order valence-corrected chi connectivity index (χ2v) is 11.8. The molecule has 3 aromatic carbocycles. The van der Waals surface area contributed by atoms with Gasteiger partial charge in [-0.15, -0.1) is 0 Å². The van der Waals surface area contributed by atoms with Crippen LogP contribution in [0.4, 0.5) is 17.1 Å². The molecule has 8 nitrogen and oxygen atoms in total. The number of carbonyl (C=O) groups excluding carboxylic acids is 1. The molecule has 1 amide bonds. The van der Waals surface area contributed by atoms with Crippen LogP contribution in [0, 0.1) is 13.8 Å². The van der Waals surface area contributed by atoms with E-state index in [0.717, 1.165) is 21.7 Å². The fraction of sp³-hybridized carbons (Fsp3) is 0.174. The van der Waals surface area contributed by atoms with Gasteiger partial charge < -0.3 is 5.32 Å². The van der Waals surface area contributed by atoms with Gasteiger partial charge in [0.2, 0.25) is 15.9 Å². The maximum atomic E-state index is 12.6. The first-order valence-corrected chi connectivity index (χ1v) is 13.8. The number of hydrogen-bond acceptors (Lipinski definition) is 5. The summed E-state index contributed by atoms with van der Waals surface area (Å²) in [6.07, 6.45) is 1.03. The van der Waals surface area contributed by atoms with Crippen molar-refractivity contribution < 1.29 is 21.6 Å². The molecule has 3 aromatic rings. The van der Waals surface area contributed by atoms with Crippen molar-refractivity contribution in [3.63, 3.8) is 0 Å². The van der Waals surface area contributed by atoms with Crippen LogP contribution in [0.3, 0.4) is 0 Å². The highest BCUT2D eigenvalue weighted by molar-refractivity contribution is 7.92. The lowest BCUT2D eigenvalue weighted by molar-refractivity contribution is -0.114. The molecule has 180 valence electrons. The van der Waals surface area contributed by atoms with Gasteiger partial charge >= 0.3 is 0 Å². The largest absolute Gasteiger partial charge is 0.325 e. The van der Waals surface area contributed by atoms with Crippen LogP contribution in [0.2, 0.25) is 5.02 Å². The summed E-state index contributed by atoms with van der Waals surface area (Å²) in [6, 6.07) is 17.0. The Morgan fingerprint density at radius 2 is 1.47 bits per heavy atom. The number of rotatable bonds is 8. The molecule has 0 fully saturated rings. The monoisotopic (exact) mass is 521 g/mol. The number of sulfonamides is 2. The van der Waals surface area contributed by atoms with Crippen LogP contribution in [0.15, 0.2) is 71.6 Å². The quantitative estimate of drug-likeness (QED) is 0.462. The number of amides is 1. The highest BCUT2D eigenvalue weighted by Crippen LogP contribution is 2.24. The summed E-state index contributed by atoms with van der Waals surface area (Å²) in [5.74, 6) is -0.569. The van der Waals surface area contributed by atoms with Crippen molar-refractivity contribution in [1.29, 1.82) is 0 Å². The molecule has 2 N–H and O–H groups in total. The van der Waals surface area contributed by atoms with E-state index in [1.165, 1.54) is 36.4 Å². The lowest BCUT2D eigenvalue weighted by Gasteiger charge is -2.24. The van der Waals surface area contributed by atoms with Gasteiger partial charge in [0.05, 0.1) is 16.8 Å². The number of nitrogens with one attached hydrogen (secondary N) is 2. The van der Waals surface area contributed by atoms with Crippen LogP contribution in [-0.4, -0.2) is 35.5 Å². The van der Waals surface area contributed by atoms with Gasteiger partial charge in [-0.1, -0.05) is 29.3 Å². The van der Waals surface area contributed by atoms with E-state index in [1.807, 2.05) is 13.0 Å². The predicted octanol–water partition coefficient (Wildman–Crippen LogP) is 4.16. The Kier molecular flexibility index (Phi) is 7.54. The minimum Gasteiger partial charge on any atom is -0.325 e. The van der Waals surface area contributed by atoms with E-state index < -0.39 is 32.5 Å². The molecule has 34 heavy (non-hydrogen) atoms. The van der Waals surface area contributed by atoms with E-state index in [2.05, 4.69) is 10.0 Å². The molecular formula is C23H24ClN3O5S2. The van der Waals surface area contributed by atoms with E-state index in [4.69, 9.17) is 11.6 Å². The predicted molar refractivity (Wildman–Crippen MR) is 135 cm³/mol. The number of aryl methyl sites for hydroxylation is 2. The van der Waals surface area contributed by atoms with Gasteiger partial charge in [0.15, 0.2) is 0 Å². The molecule has 0 spiro atoms. The topological polar surface area (TPSA) is 113 Å². The molecule has 0 aliphatic rings. The summed E-state index contributed by atoms with van der Waals surface area (Å²) in [6.45, 7) is 3.24. The molecule has 0 radical (unpaired) electrons. The summed E-state index contributed by atoms with van der Waals surface area (Å²) in [5, 5.41) is 3.09. The second-order valence-electron chi connectivity index (χ2n) is 7.74. The Morgan fingerprint density at radius 3 is 2.03 bits per heavy atom. The van der Waals surface area contributed by atoms with Crippen LogP contribution < -0.4 is 14.3 Å². The first kappa shape index (κ1) is 25.5. The zero-order valence-corrected chi connectivity index (χ0v) is 21.1. The molecule has 0 unspecified atom stereocenters. The van der Waals surface area contributed by atoms with Crippen molar-refractivity contribution in [3.8, 4) is 0 Å². The van der Waals surface area contributed by atoms with Gasteiger partial charge in [-0.2, -0.15) is 0 Å². The van der Waals surface area contributed by atoms with Crippen molar-refractivity contribution in [3.05, 3.63) is 82.9 Å². The molecule has 0 atom stereocenters. The highest BCUT2D eigenvalue weighted by Gasteiger charge is 2.22. The number of nitrogens with zero attached hydrogens (tertiary/aromatic N) is 1. The second kappa shape index (κ2) is 10.0. The molecule has 0 heterocycles. The molecule has 0 saturated heterocycles. The lowest BCUT2D eigenvalue weighted by Crippen LogP contribution is -2.37. The van der Waals surface area contributed by atoms with Crippen molar-refractivity contribution >= 4 is 54.6 Å². The summed E-state index contributed by atoms with van der Waals surface area (Å²) >= 11 is 5.82. The van der Waals surface area contributed by atoms with Gasteiger partial charge in [0, 0.05) is 16.4 Å². The number of hydrogen-bond donors (Lipinski definition) is 2. The van der Waals surface area contributed by atoms with Crippen LogP contribution >= 0.6 is 11.6 Å². The standard InChI is InChI=1S/C23H24ClN3O5S2/c1-16-4-13-22(17(2)14-16)27(33(3,29)30)15-23(28)25-19-9-11-21(12-10-19)34(31,32)26-20-7-5-18(24)6-8-20/h4-14,26H,15H2,1-3H3,(H,25,28). The van der Waals surface area contributed by atoms with Crippen LogP contribution in [0.1, 0.15) is 11.1 Å². The minimum absolute atomic E-state index is 0.00603. The van der Waals surface area contributed by atoms with E-state index in [0.29, 0.717) is 22.1 Å². The Labute approximate surface area is 204 Å².